The summed E-state index contributed by atoms with van der Waals surface area (Å²) >= 11 is 0. The van der Waals surface area contributed by atoms with Crippen molar-refractivity contribution in [2.75, 3.05) is 27.2 Å². The first-order valence-electron chi connectivity index (χ1n) is 8.58. The zero-order chi connectivity index (χ0) is 15.3. The minimum Gasteiger partial charge on any atom is -0.312 e. The summed E-state index contributed by atoms with van der Waals surface area (Å²) < 4.78 is 0. The van der Waals surface area contributed by atoms with Gasteiger partial charge in [-0.2, -0.15) is 0 Å². The standard InChI is InChI=1S/C18H38N2/c1-14(2)17(13-20(6)7)19-12-15-8-10-16(11-9-15)18(3,4)5/h14-17,19H,8-13H2,1-7H3. The van der Waals surface area contributed by atoms with Crippen LogP contribution in [0.15, 0.2) is 0 Å². The predicted molar refractivity (Wildman–Crippen MR) is 90.1 cm³/mol. The SMILES string of the molecule is CC(C)C(CN(C)C)NCC1CCC(C(C)(C)C)CC1. The zero-order valence-electron chi connectivity index (χ0n) is 15.0. The highest BCUT2D eigenvalue weighted by Crippen LogP contribution is 2.39. The smallest absolute Gasteiger partial charge is 0.0217 e. The molecule has 0 heterocycles. The van der Waals surface area contributed by atoms with Gasteiger partial charge in [0.2, 0.25) is 0 Å². The molecule has 1 fully saturated rings. The molecule has 2 heteroatoms. The van der Waals surface area contributed by atoms with Crippen LogP contribution in [0.1, 0.15) is 60.3 Å². The topological polar surface area (TPSA) is 15.3 Å². The summed E-state index contributed by atoms with van der Waals surface area (Å²) in [6.07, 6.45) is 5.69. The minimum absolute atomic E-state index is 0.504. The maximum Gasteiger partial charge on any atom is 0.0217 e. The first kappa shape index (κ1) is 18.0. The quantitative estimate of drug-likeness (QED) is 0.791. The number of nitrogens with zero attached hydrogens (tertiary/aromatic N) is 1. The molecule has 0 spiro atoms. The highest BCUT2D eigenvalue weighted by molar-refractivity contribution is 4.82. The molecule has 0 aromatic rings. The van der Waals surface area contributed by atoms with Crippen molar-refractivity contribution in [3.8, 4) is 0 Å². The fourth-order valence-electron chi connectivity index (χ4n) is 3.46. The number of likely N-dealkylation sites (N-methyl/N-ethyl adjacent to an activating group) is 1. The zero-order valence-corrected chi connectivity index (χ0v) is 15.0. The van der Waals surface area contributed by atoms with E-state index in [1.54, 1.807) is 0 Å². The number of hydrogen-bond acceptors (Lipinski definition) is 2. The van der Waals surface area contributed by atoms with Crippen LogP contribution in [0.5, 0.6) is 0 Å². The number of rotatable bonds is 6. The molecule has 0 aromatic carbocycles. The lowest BCUT2D eigenvalue weighted by atomic mass is 9.70. The van der Waals surface area contributed by atoms with Gasteiger partial charge in [0, 0.05) is 12.6 Å². The third-order valence-electron chi connectivity index (χ3n) is 5.11. The summed E-state index contributed by atoms with van der Waals surface area (Å²) in [6.45, 7) is 14.2. The Morgan fingerprint density at radius 3 is 2.00 bits per heavy atom. The third-order valence-corrected chi connectivity index (χ3v) is 5.11. The maximum atomic E-state index is 3.83. The van der Waals surface area contributed by atoms with Crippen LogP contribution in [0.4, 0.5) is 0 Å². The van der Waals surface area contributed by atoms with E-state index in [1.165, 1.54) is 32.2 Å². The molecule has 1 N–H and O–H groups in total. The van der Waals surface area contributed by atoms with Crippen molar-refractivity contribution in [1.29, 1.82) is 0 Å². The van der Waals surface area contributed by atoms with E-state index in [0.29, 0.717) is 17.4 Å². The molecule has 1 atom stereocenters. The van der Waals surface area contributed by atoms with Gasteiger partial charge in [0.1, 0.15) is 0 Å². The lowest BCUT2D eigenvalue weighted by Crippen LogP contribution is -2.44. The van der Waals surface area contributed by atoms with Crippen LogP contribution in [0.2, 0.25) is 0 Å². The molecule has 0 amide bonds. The van der Waals surface area contributed by atoms with E-state index in [9.17, 15) is 0 Å². The van der Waals surface area contributed by atoms with Crippen LogP contribution in [0, 0.1) is 23.2 Å². The van der Waals surface area contributed by atoms with Gasteiger partial charge >= 0.3 is 0 Å². The van der Waals surface area contributed by atoms with Crippen molar-refractivity contribution in [3.05, 3.63) is 0 Å². The molecule has 0 aromatic heterocycles. The van der Waals surface area contributed by atoms with Crippen molar-refractivity contribution >= 4 is 0 Å². The van der Waals surface area contributed by atoms with Gasteiger partial charge in [-0.1, -0.05) is 34.6 Å². The molecule has 1 aliphatic carbocycles. The molecule has 0 bridgehead atoms. The summed E-state index contributed by atoms with van der Waals surface area (Å²) in [5.41, 5.74) is 0.504. The predicted octanol–water partition coefficient (Wildman–Crippen LogP) is 4.01. The van der Waals surface area contributed by atoms with Crippen molar-refractivity contribution in [1.82, 2.24) is 10.2 Å². The molecule has 120 valence electrons. The van der Waals surface area contributed by atoms with Crippen LogP contribution in [0.3, 0.4) is 0 Å². The van der Waals surface area contributed by atoms with Crippen LogP contribution >= 0.6 is 0 Å². The fourth-order valence-corrected chi connectivity index (χ4v) is 3.46. The van der Waals surface area contributed by atoms with Gasteiger partial charge in [-0.15, -0.1) is 0 Å². The van der Waals surface area contributed by atoms with E-state index in [-0.39, 0.29) is 0 Å². The first-order chi connectivity index (χ1) is 9.20. The summed E-state index contributed by atoms with van der Waals surface area (Å²) in [5.74, 6) is 2.54. The van der Waals surface area contributed by atoms with E-state index >= 15 is 0 Å². The summed E-state index contributed by atoms with van der Waals surface area (Å²) in [7, 11) is 4.34. The molecular weight excluding hydrogens is 244 g/mol. The number of hydrogen-bond donors (Lipinski definition) is 1. The van der Waals surface area contributed by atoms with Gasteiger partial charge in [0.05, 0.1) is 0 Å². The summed E-state index contributed by atoms with van der Waals surface area (Å²) in [4.78, 5) is 2.30. The van der Waals surface area contributed by atoms with Gasteiger partial charge in [-0.05, 0) is 69.5 Å². The molecule has 0 radical (unpaired) electrons. The Morgan fingerprint density at radius 1 is 1.05 bits per heavy atom. The second-order valence-electron chi connectivity index (χ2n) is 8.60. The Hall–Kier alpha value is -0.0800. The maximum absolute atomic E-state index is 3.83. The van der Waals surface area contributed by atoms with Gasteiger partial charge in [0.25, 0.3) is 0 Å². The van der Waals surface area contributed by atoms with Crippen molar-refractivity contribution in [3.63, 3.8) is 0 Å². The highest BCUT2D eigenvalue weighted by Gasteiger charge is 2.29. The van der Waals surface area contributed by atoms with E-state index in [1.807, 2.05) is 0 Å². The van der Waals surface area contributed by atoms with Gasteiger partial charge in [0.15, 0.2) is 0 Å². The molecule has 2 nitrogen and oxygen atoms in total. The van der Waals surface area contributed by atoms with Crippen LogP contribution in [-0.2, 0) is 0 Å². The normalized spacial score (nSPS) is 26.2. The van der Waals surface area contributed by atoms with E-state index in [4.69, 9.17) is 0 Å². The summed E-state index contributed by atoms with van der Waals surface area (Å²) in [5, 5.41) is 3.83. The fraction of sp³-hybridized carbons (Fsp3) is 1.00. The van der Waals surface area contributed by atoms with Crippen LogP contribution < -0.4 is 5.32 Å². The molecule has 0 aliphatic heterocycles. The molecular formula is C18H38N2. The third kappa shape index (κ3) is 6.13. The highest BCUT2D eigenvalue weighted by atomic mass is 15.1. The van der Waals surface area contributed by atoms with Crippen molar-refractivity contribution < 1.29 is 0 Å². The Kier molecular flexibility index (Phi) is 7.00. The van der Waals surface area contributed by atoms with E-state index in [0.717, 1.165) is 18.4 Å². The molecule has 1 saturated carbocycles. The average Bonchev–Trinajstić information content (AvgIpc) is 2.33. The Balaban J connectivity index is 2.32. The van der Waals surface area contributed by atoms with Crippen LogP contribution in [-0.4, -0.2) is 38.1 Å². The lowest BCUT2D eigenvalue weighted by molar-refractivity contribution is 0.145. The molecule has 1 rings (SSSR count). The van der Waals surface area contributed by atoms with E-state index in [2.05, 4.69) is 58.9 Å². The second-order valence-corrected chi connectivity index (χ2v) is 8.60. The van der Waals surface area contributed by atoms with Crippen LogP contribution in [0.25, 0.3) is 0 Å². The summed E-state index contributed by atoms with van der Waals surface area (Å²) in [6, 6.07) is 0.630. The monoisotopic (exact) mass is 282 g/mol. The van der Waals surface area contributed by atoms with Gasteiger partial charge in [-0.25, -0.2) is 0 Å². The molecule has 20 heavy (non-hydrogen) atoms. The first-order valence-corrected chi connectivity index (χ1v) is 8.58. The Labute approximate surface area is 127 Å². The van der Waals surface area contributed by atoms with Crippen molar-refractivity contribution in [2.24, 2.45) is 23.2 Å². The molecule has 0 saturated heterocycles. The Morgan fingerprint density at radius 2 is 1.60 bits per heavy atom. The largest absolute Gasteiger partial charge is 0.312 e. The second kappa shape index (κ2) is 7.79. The van der Waals surface area contributed by atoms with E-state index < -0.39 is 0 Å². The number of nitrogens with one attached hydrogen (secondary N) is 1. The van der Waals surface area contributed by atoms with Gasteiger partial charge < -0.3 is 10.2 Å². The van der Waals surface area contributed by atoms with Crippen molar-refractivity contribution in [2.45, 2.75) is 66.3 Å². The minimum atomic E-state index is 0.504. The molecule has 1 aliphatic rings. The van der Waals surface area contributed by atoms with Gasteiger partial charge in [-0.3, -0.25) is 0 Å². The lowest BCUT2D eigenvalue weighted by Gasteiger charge is -2.37. The molecule has 1 unspecified atom stereocenters. The Bertz CT molecular complexity index is 257. The average molecular weight is 283 g/mol.